The zero-order valence-corrected chi connectivity index (χ0v) is 19.7. The number of furan rings is 1. The molecule has 0 aliphatic heterocycles. The fourth-order valence-electron chi connectivity index (χ4n) is 4.17. The number of benzene rings is 2. The van der Waals surface area contributed by atoms with Crippen molar-refractivity contribution in [3.63, 3.8) is 0 Å². The number of anilines is 1. The van der Waals surface area contributed by atoms with Crippen molar-refractivity contribution in [2.75, 3.05) is 5.32 Å². The van der Waals surface area contributed by atoms with Crippen LogP contribution in [0.3, 0.4) is 0 Å². The Morgan fingerprint density at radius 1 is 1.03 bits per heavy atom. The quantitative estimate of drug-likeness (QED) is 0.390. The van der Waals surface area contributed by atoms with Crippen LogP contribution in [0.4, 0.5) is 5.82 Å². The molecule has 0 spiro atoms. The minimum absolute atomic E-state index is 0.146. The predicted molar refractivity (Wildman–Crippen MR) is 135 cm³/mol. The number of para-hydroxylation sites is 1. The monoisotopic (exact) mass is 479 g/mol. The summed E-state index contributed by atoms with van der Waals surface area (Å²) in [4.78, 5) is 33.3. The normalized spacial score (nSPS) is 11.4. The maximum atomic E-state index is 13.0. The topological polar surface area (TPSA) is 124 Å². The smallest absolute Gasteiger partial charge is 0.292 e. The number of carbonyl (C=O) groups excluding carboxylic acids is 1. The minimum Gasteiger partial charge on any atom is -0.451 e. The van der Waals surface area contributed by atoms with Gasteiger partial charge in [0.15, 0.2) is 11.4 Å². The molecular formula is C26H21N7O3. The fourth-order valence-corrected chi connectivity index (χ4v) is 4.17. The molecule has 178 valence electrons. The van der Waals surface area contributed by atoms with Crippen molar-refractivity contribution in [2.24, 2.45) is 0 Å². The molecule has 0 atom stereocenters. The third-order valence-corrected chi connectivity index (χ3v) is 6.15. The van der Waals surface area contributed by atoms with E-state index >= 15 is 0 Å². The van der Waals surface area contributed by atoms with Crippen molar-refractivity contribution in [2.45, 2.75) is 20.8 Å². The number of aromatic nitrogens is 6. The summed E-state index contributed by atoms with van der Waals surface area (Å²) < 4.78 is 8.70. The summed E-state index contributed by atoms with van der Waals surface area (Å²) in [5.74, 6) is 0.188. The molecule has 2 N–H and O–H groups in total. The van der Waals surface area contributed by atoms with Crippen LogP contribution in [-0.4, -0.2) is 35.4 Å². The Hall–Kier alpha value is -4.99. The van der Waals surface area contributed by atoms with Crippen LogP contribution in [0.2, 0.25) is 0 Å². The Bertz CT molecular complexity index is 1820. The Morgan fingerprint density at radius 3 is 2.69 bits per heavy atom. The van der Waals surface area contributed by atoms with Gasteiger partial charge in [-0.3, -0.25) is 14.6 Å². The van der Waals surface area contributed by atoms with E-state index in [-0.39, 0.29) is 17.3 Å². The number of nitrogens with zero attached hydrogens (tertiary/aromatic N) is 5. The van der Waals surface area contributed by atoms with Crippen LogP contribution in [0.25, 0.3) is 33.6 Å². The van der Waals surface area contributed by atoms with Gasteiger partial charge in [0.2, 0.25) is 5.95 Å². The first-order valence-electron chi connectivity index (χ1n) is 11.3. The van der Waals surface area contributed by atoms with E-state index in [0.717, 1.165) is 22.2 Å². The molecule has 0 aliphatic rings. The summed E-state index contributed by atoms with van der Waals surface area (Å²) in [5.41, 5.74) is 4.20. The molecular weight excluding hydrogens is 458 g/mol. The Kier molecular flexibility index (Phi) is 4.82. The first kappa shape index (κ1) is 21.5. The third kappa shape index (κ3) is 3.47. The first-order chi connectivity index (χ1) is 17.4. The zero-order valence-electron chi connectivity index (χ0n) is 19.7. The summed E-state index contributed by atoms with van der Waals surface area (Å²) >= 11 is 0. The average molecular weight is 480 g/mol. The second kappa shape index (κ2) is 8.05. The van der Waals surface area contributed by atoms with Crippen LogP contribution in [0.15, 0.2) is 70.0 Å². The molecule has 1 amide bonds. The molecule has 4 aromatic heterocycles. The highest BCUT2D eigenvalue weighted by Crippen LogP contribution is 2.23. The van der Waals surface area contributed by atoms with E-state index in [9.17, 15) is 9.59 Å². The van der Waals surface area contributed by atoms with Crippen LogP contribution in [0.5, 0.6) is 0 Å². The van der Waals surface area contributed by atoms with Crippen molar-refractivity contribution in [1.29, 1.82) is 0 Å². The van der Waals surface area contributed by atoms with Gasteiger partial charge in [-0.05, 0) is 50.1 Å². The van der Waals surface area contributed by atoms with Crippen LogP contribution in [-0.2, 0) is 0 Å². The summed E-state index contributed by atoms with van der Waals surface area (Å²) in [6.45, 7) is 5.79. The Morgan fingerprint density at radius 2 is 1.86 bits per heavy atom. The van der Waals surface area contributed by atoms with Crippen molar-refractivity contribution in [3.05, 3.63) is 93.7 Å². The molecule has 4 heterocycles. The maximum absolute atomic E-state index is 13.0. The molecule has 0 unspecified atom stereocenters. The first-order valence-corrected chi connectivity index (χ1v) is 11.3. The van der Waals surface area contributed by atoms with Gasteiger partial charge in [-0.1, -0.05) is 30.3 Å². The zero-order chi connectivity index (χ0) is 25.0. The lowest BCUT2D eigenvalue weighted by atomic mass is 10.1. The van der Waals surface area contributed by atoms with Crippen molar-refractivity contribution >= 4 is 33.7 Å². The van der Waals surface area contributed by atoms with Gasteiger partial charge in [0, 0.05) is 11.5 Å². The number of hydrogen-bond donors (Lipinski definition) is 2. The standard InChI is InChI=1S/C26H21N7O3/c1-14-7-6-9-19(16(14)3)32-23-18(13-27-32)24(34)30-26(29-23)33-22(11-15(2)31-33)28-25(35)21-12-17-8-4-5-10-20(17)36-21/h4-13H,1-3H3,(H,28,35)(H,29,30,34). The lowest BCUT2D eigenvalue weighted by Gasteiger charge is -2.10. The molecule has 0 saturated heterocycles. The number of carbonyl (C=O) groups is 1. The lowest BCUT2D eigenvalue weighted by molar-refractivity contribution is 0.0998. The maximum Gasteiger partial charge on any atom is 0.292 e. The number of hydrogen-bond acceptors (Lipinski definition) is 6. The lowest BCUT2D eigenvalue weighted by Crippen LogP contribution is -2.19. The molecule has 2 aromatic carbocycles. The molecule has 10 nitrogen and oxygen atoms in total. The second-order valence-corrected chi connectivity index (χ2v) is 8.59. The Labute approximate surface area is 204 Å². The molecule has 0 fully saturated rings. The highest BCUT2D eigenvalue weighted by molar-refractivity contribution is 6.04. The number of nitrogens with one attached hydrogen (secondary N) is 2. The second-order valence-electron chi connectivity index (χ2n) is 8.59. The molecule has 36 heavy (non-hydrogen) atoms. The fraction of sp³-hybridized carbons (Fsp3) is 0.115. The van der Waals surface area contributed by atoms with E-state index in [1.807, 2.05) is 50.2 Å². The van der Waals surface area contributed by atoms with E-state index in [4.69, 9.17) is 4.42 Å². The van der Waals surface area contributed by atoms with Gasteiger partial charge in [0.25, 0.3) is 11.5 Å². The summed E-state index contributed by atoms with van der Waals surface area (Å²) in [6.07, 6.45) is 1.49. The number of amides is 1. The van der Waals surface area contributed by atoms with Crippen LogP contribution < -0.4 is 10.9 Å². The van der Waals surface area contributed by atoms with Gasteiger partial charge in [0.05, 0.1) is 17.6 Å². The summed E-state index contributed by atoms with van der Waals surface area (Å²) in [5, 5.41) is 12.8. The molecule has 0 aliphatic carbocycles. The molecule has 0 radical (unpaired) electrons. The van der Waals surface area contributed by atoms with E-state index in [2.05, 4.69) is 25.5 Å². The number of fused-ring (bicyclic) bond motifs is 2. The number of aromatic amines is 1. The van der Waals surface area contributed by atoms with Gasteiger partial charge in [-0.25, -0.2) is 4.68 Å². The molecule has 0 bridgehead atoms. The molecule has 6 aromatic rings. The highest BCUT2D eigenvalue weighted by Gasteiger charge is 2.19. The van der Waals surface area contributed by atoms with Gasteiger partial charge in [0.1, 0.15) is 16.8 Å². The molecule has 10 heteroatoms. The van der Waals surface area contributed by atoms with Gasteiger partial charge >= 0.3 is 0 Å². The van der Waals surface area contributed by atoms with Crippen LogP contribution in [0, 0.1) is 20.8 Å². The van der Waals surface area contributed by atoms with Crippen LogP contribution in [0.1, 0.15) is 27.4 Å². The SMILES string of the molecule is Cc1cc(NC(=O)c2cc3ccccc3o2)n(-c2nc3c(cnn3-c3cccc(C)c3C)c(=O)[nH]2)n1. The highest BCUT2D eigenvalue weighted by atomic mass is 16.3. The van der Waals surface area contributed by atoms with E-state index in [1.54, 1.807) is 29.8 Å². The van der Waals surface area contributed by atoms with E-state index in [0.29, 0.717) is 28.1 Å². The summed E-state index contributed by atoms with van der Waals surface area (Å²) in [7, 11) is 0. The van der Waals surface area contributed by atoms with Crippen molar-refractivity contribution in [1.82, 2.24) is 29.5 Å². The molecule has 6 rings (SSSR count). The Balaban J connectivity index is 1.43. The molecule has 0 saturated carbocycles. The van der Waals surface area contributed by atoms with Crippen molar-refractivity contribution < 1.29 is 9.21 Å². The predicted octanol–water partition coefficient (Wildman–Crippen LogP) is 4.22. The number of aryl methyl sites for hydroxylation is 2. The third-order valence-electron chi connectivity index (χ3n) is 6.15. The van der Waals surface area contributed by atoms with Gasteiger partial charge < -0.3 is 9.73 Å². The van der Waals surface area contributed by atoms with Gasteiger partial charge in [-0.15, -0.1) is 0 Å². The minimum atomic E-state index is -0.448. The average Bonchev–Trinajstić information content (AvgIpc) is 3.57. The number of rotatable bonds is 4. The number of H-pyrrole nitrogens is 1. The summed E-state index contributed by atoms with van der Waals surface area (Å²) in [6, 6.07) is 16.6. The van der Waals surface area contributed by atoms with Gasteiger partial charge in [-0.2, -0.15) is 19.9 Å². The van der Waals surface area contributed by atoms with Crippen LogP contribution >= 0.6 is 0 Å². The van der Waals surface area contributed by atoms with E-state index in [1.165, 1.54) is 10.9 Å². The van der Waals surface area contributed by atoms with Crippen molar-refractivity contribution in [3.8, 4) is 11.6 Å². The largest absolute Gasteiger partial charge is 0.451 e. The van der Waals surface area contributed by atoms with E-state index < -0.39 is 5.91 Å².